The van der Waals surface area contributed by atoms with Crippen molar-refractivity contribution in [1.29, 1.82) is 0 Å². The molecule has 4 atom stereocenters. The molecular weight excluding hydrogens is 646 g/mol. The third-order valence-electron chi connectivity index (χ3n) is 8.46. The van der Waals surface area contributed by atoms with Gasteiger partial charge >= 0.3 is 49.3 Å². The number of aliphatic hydroxyl groups excluding tert-OH is 1. The van der Waals surface area contributed by atoms with Gasteiger partial charge in [-0.3, -0.25) is 18.6 Å². The summed E-state index contributed by atoms with van der Waals surface area (Å²) < 4.78 is 32.4. The van der Waals surface area contributed by atoms with E-state index in [1.54, 1.807) is 0 Å². The Morgan fingerprint density at radius 2 is 1.10 bits per heavy atom. The zero-order chi connectivity index (χ0) is 35.2. The van der Waals surface area contributed by atoms with Gasteiger partial charge in [0.1, 0.15) is 6.61 Å². The van der Waals surface area contributed by atoms with Crippen molar-refractivity contribution in [2.45, 2.75) is 181 Å². The largest absolute Gasteiger partial charge is 1.00 e. The monoisotopic (exact) mass is 716 g/mol. The van der Waals surface area contributed by atoms with Crippen LogP contribution in [-0.4, -0.2) is 60.6 Å². The predicted molar refractivity (Wildman–Crippen MR) is 185 cm³/mol. The van der Waals surface area contributed by atoms with Gasteiger partial charge in [-0.2, -0.15) is 0 Å². The minimum absolute atomic E-state index is 0. The second kappa shape index (κ2) is 34.1. The first-order valence-corrected chi connectivity index (χ1v) is 20.2. The van der Waals surface area contributed by atoms with E-state index in [2.05, 4.69) is 32.2 Å². The third-order valence-corrected chi connectivity index (χ3v) is 9.41. The molecule has 0 aliphatic rings. The SMILES string of the molecule is CC[C@H](C)CCCCCCCCCCC(=O)OC[C@H](COP(=O)(O)OCC(O)C[O-])OC(=O)CCCCCCCCCCCC(C)C.[Na+]. The van der Waals surface area contributed by atoms with E-state index in [0.29, 0.717) is 12.8 Å². The molecule has 0 rings (SSSR count). The van der Waals surface area contributed by atoms with E-state index in [1.165, 1.54) is 77.0 Å². The third kappa shape index (κ3) is 34.4. The molecule has 0 aromatic rings. The fourth-order valence-electron chi connectivity index (χ4n) is 5.15. The van der Waals surface area contributed by atoms with Crippen molar-refractivity contribution in [3.8, 4) is 0 Å². The minimum atomic E-state index is -4.63. The summed E-state index contributed by atoms with van der Waals surface area (Å²) in [5.74, 6) is 0.649. The number of rotatable bonds is 34. The van der Waals surface area contributed by atoms with Crippen LogP contribution in [0.25, 0.3) is 0 Å². The number of carbonyl (C=O) groups excluding carboxylic acids is 2. The van der Waals surface area contributed by atoms with Crippen LogP contribution in [0.5, 0.6) is 0 Å². The van der Waals surface area contributed by atoms with E-state index in [4.69, 9.17) is 14.0 Å². The molecule has 0 radical (unpaired) electrons. The van der Waals surface area contributed by atoms with Gasteiger partial charge in [0.2, 0.25) is 0 Å². The number of phosphoric acid groups is 1. The van der Waals surface area contributed by atoms with Crippen LogP contribution in [-0.2, 0) is 32.7 Å². The molecule has 48 heavy (non-hydrogen) atoms. The van der Waals surface area contributed by atoms with Crippen molar-refractivity contribution >= 4 is 19.8 Å². The topological polar surface area (TPSA) is 152 Å². The van der Waals surface area contributed by atoms with Crippen LogP contribution in [0.4, 0.5) is 0 Å². The molecule has 0 aliphatic heterocycles. The number of hydrogen-bond donors (Lipinski definition) is 2. The first kappa shape index (κ1) is 50.1. The first-order valence-electron chi connectivity index (χ1n) is 18.7. The van der Waals surface area contributed by atoms with E-state index < -0.39 is 51.8 Å². The number of aliphatic hydroxyl groups is 1. The normalized spacial score (nSPS) is 14.6. The summed E-state index contributed by atoms with van der Waals surface area (Å²) in [6.07, 6.45) is 20.7. The van der Waals surface area contributed by atoms with Crippen molar-refractivity contribution in [2.75, 3.05) is 26.4 Å². The van der Waals surface area contributed by atoms with Crippen molar-refractivity contribution in [3.05, 3.63) is 0 Å². The Kier molecular flexibility index (Phi) is 35.6. The quantitative estimate of drug-likeness (QED) is 0.0394. The van der Waals surface area contributed by atoms with Gasteiger partial charge in [-0.1, -0.05) is 143 Å². The van der Waals surface area contributed by atoms with Crippen molar-refractivity contribution in [2.24, 2.45) is 11.8 Å². The van der Waals surface area contributed by atoms with Crippen LogP contribution in [0.15, 0.2) is 0 Å². The molecule has 0 heterocycles. The summed E-state index contributed by atoms with van der Waals surface area (Å²) in [6.45, 7) is 6.63. The molecule has 0 spiro atoms. The molecule has 2 unspecified atom stereocenters. The van der Waals surface area contributed by atoms with Gasteiger partial charge in [-0.15, -0.1) is 6.61 Å². The van der Waals surface area contributed by atoms with Gasteiger partial charge in [0.05, 0.1) is 19.3 Å². The molecule has 12 heteroatoms. The summed E-state index contributed by atoms with van der Waals surface area (Å²) in [4.78, 5) is 34.7. The zero-order valence-corrected chi connectivity index (χ0v) is 34.2. The Balaban J connectivity index is 0. The van der Waals surface area contributed by atoms with Crippen molar-refractivity contribution < 1.29 is 77.3 Å². The van der Waals surface area contributed by atoms with E-state index in [-0.39, 0.29) is 49.0 Å². The number of esters is 2. The summed E-state index contributed by atoms with van der Waals surface area (Å²) in [5, 5.41) is 20.0. The Labute approximate surface area is 315 Å². The van der Waals surface area contributed by atoms with Crippen LogP contribution < -0.4 is 34.7 Å². The molecule has 0 fully saturated rings. The van der Waals surface area contributed by atoms with Crippen LogP contribution in [0.3, 0.4) is 0 Å². The number of ether oxygens (including phenoxy) is 2. The maximum absolute atomic E-state index is 12.5. The zero-order valence-electron chi connectivity index (χ0n) is 31.3. The Hall–Kier alpha value is -0.0300. The van der Waals surface area contributed by atoms with E-state index >= 15 is 0 Å². The van der Waals surface area contributed by atoms with E-state index in [9.17, 15) is 29.3 Å². The fraction of sp³-hybridized carbons (Fsp3) is 0.944. The smallest absolute Gasteiger partial charge is 0.853 e. The van der Waals surface area contributed by atoms with Gasteiger partial charge in [-0.05, 0) is 24.7 Å². The van der Waals surface area contributed by atoms with Crippen molar-refractivity contribution in [3.63, 3.8) is 0 Å². The molecule has 0 aromatic carbocycles. The molecule has 0 aromatic heterocycles. The first-order chi connectivity index (χ1) is 22.5. The Morgan fingerprint density at radius 3 is 1.58 bits per heavy atom. The predicted octanol–water partition coefficient (Wildman–Crippen LogP) is 5.19. The fourth-order valence-corrected chi connectivity index (χ4v) is 5.94. The Morgan fingerprint density at radius 1 is 0.667 bits per heavy atom. The number of phosphoric ester groups is 1. The maximum atomic E-state index is 12.5. The van der Waals surface area contributed by atoms with Gasteiger partial charge in [-0.25, -0.2) is 4.57 Å². The summed E-state index contributed by atoms with van der Waals surface area (Å²) >= 11 is 0. The van der Waals surface area contributed by atoms with Crippen molar-refractivity contribution in [1.82, 2.24) is 0 Å². The number of hydrogen-bond acceptors (Lipinski definition) is 9. The number of carbonyl (C=O) groups is 2. The van der Waals surface area contributed by atoms with Gasteiger partial charge in [0.25, 0.3) is 0 Å². The maximum Gasteiger partial charge on any atom is 1.00 e. The molecule has 0 saturated heterocycles. The Bertz CT molecular complexity index is 801. The van der Waals surface area contributed by atoms with Crippen LogP contribution in [0.1, 0.15) is 169 Å². The molecular formula is C36H70NaO10P. The molecule has 0 bridgehead atoms. The van der Waals surface area contributed by atoms with Gasteiger partial charge in [0, 0.05) is 12.8 Å². The second-order valence-corrected chi connectivity index (χ2v) is 15.1. The molecule has 0 amide bonds. The summed E-state index contributed by atoms with van der Waals surface area (Å²) in [7, 11) is -4.63. The molecule has 280 valence electrons. The van der Waals surface area contributed by atoms with Crippen LogP contribution in [0, 0.1) is 11.8 Å². The molecule has 10 nitrogen and oxygen atoms in total. The van der Waals surface area contributed by atoms with E-state index in [0.717, 1.165) is 50.4 Å². The van der Waals surface area contributed by atoms with Crippen LogP contribution in [0.2, 0.25) is 0 Å². The summed E-state index contributed by atoms with van der Waals surface area (Å²) in [5.41, 5.74) is 0. The standard InChI is InChI=1S/C36H70O10P.Na/c1-5-32(4)24-20-16-12-9-10-13-17-21-25-35(39)43-29-34(30-45-47(41,42)44-28-33(38)27-37)46-36(40)26-22-18-14-8-6-7-11-15-19-23-31(2)3;/h31-34,38H,5-30H2,1-4H3,(H,41,42);/q-1;+1/t32-,33?,34+;/m0./s1. The van der Waals surface area contributed by atoms with E-state index in [1.807, 2.05) is 0 Å². The van der Waals surface area contributed by atoms with Crippen LogP contribution >= 0.6 is 7.82 Å². The number of unbranched alkanes of at least 4 members (excludes halogenated alkanes) is 15. The van der Waals surface area contributed by atoms with Gasteiger partial charge < -0.3 is 24.6 Å². The molecule has 2 N–H and O–H groups in total. The summed E-state index contributed by atoms with van der Waals surface area (Å²) in [6, 6.07) is 0. The second-order valence-electron chi connectivity index (χ2n) is 13.7. The minimum Gasteiger partial charge on any atom is -0.853 e. The average Bonchev–Trinajstić information content (AvgIpc) is 3.04. The van der Waals surface area contributed by atoms with Gasteiger partial charge in [0.15, 0.2) is 6.10 Å². The average molecular weight is 717 g/mol. The molecule has 0 saturated carbocycles. The molecule has 0 aliphatic carbocycles.